The fourth-order valence-corrected chi connectivity index (χ4v) is 7.00. The zero-order chi connectivity index (χ0) is 32.2. The maximum atomic E-state index is 14.1. The zero-order valence-electron chi connectivity index (χ0n) is 24.9. The molecule has 0 aliphatic carbocycles. The van der Waals surface area contributed by atoms with E-state index in [2.05, 4.69) is 0 Å². The van der Waals surface area contributed by atoms with E-state index in [1.807, 2.05) is 12.1 Å². The number of hydrogen-bond acceptors (Lipinski definition) is 6. The molecule has 0 aliphatic heterocycles. The van der Waals surface area contributed by atoms with Crippen molar-refractivity contribution in [1.29, 1.82) is 0 Å². The van der Waals surface area contributed by atoms with Crippen molar-refractivity contribution in [1.82, 2.24) is 0 Å². The number of aryl methyl sites for hydroxylation is 1. The van der Waals surface area contributed by atoms with Crippen LogP contribution in [0.1, 0.15) is 66.8 Å². The fourth-order valence-electron chi connectivity index (χ4n) is 4.85. The molecule has 0 fully saturated rings. The summed E-state index contributed by atoms with van der Waals surface area (Å²) in [5, 5.41) is 1.21. The van der Waals surface area contributed by atoms with Gasteiger partial charge in [-0.2, -0.15) is 0 Å². The highest BCUT2D eigenvalue weighted by Gasteiger charge is 2.31. The van der Waals surface area contributed by atoms with Crippen molar-refractivity contribution in [2.24, 2.45) is 0 Å². The molecular formula is C34H33Cl2NO6S. The summed E-state index contributed by atoms with van der Waals surface area (Å²) >= 11 is 12.3. The first-order valence-electron chi connectivity index (χ1n) is 14.1. The third kappa shape index (κ3) is 7.86. The second-order valence-electron chi connectivity index (χ2n) is 11.3. The molecule has 0 aromatic heterocycles. The number of Topliss-reactive ketones (excluding diaryl/α,β-unsaturated/α-hetero) is 2. The van der Waals surface area contributed by atoms with Gasteiger partial charge in [0.25, 0.3) is 10.0 Å². The highest BCUT2D eigenvalue weighted by Crippen LogP contribution is 2.34. The van der Waals surface area contributed by atoms with Crippen LogP contribution in [0.25, 0.3) is 10.8 Å². The number of hydrogen-bond donors (Lipinski definition) is 0. The van der Waals surface area contributed by atoms with Crippen LogP contribution in [0.15, 0.2) is 83.8 Å². The first-order valence-corrected chi connectivity index (χ1v) is 16.3. The minimum atomic E-state index is -4.38. The van der Waals surface area contributed by atoms with E-state index in [9.17, 15) is 22.8 Å². The molecule has 4 rings (SSSR count). The molecule has 0 saturated heterocycles. The second kappa shape index (κ2) is 13.5. The van der Waals surface area contributed by atoms with E-state index in [0.717, 1.165) is 9.87 Å². The zero-order valence-corrected chi connectivity index (χ0v) is 27.2. The summed E-state index contributed by atoms with van der Waals surface area (Å²) < 4.78 is 34.6. The van der Waals surface area contributed by atoms with Crippen LogP contribution in [0.5, 0.6) is 0 Å². The highest BCUT2D eigenvalue weighted by molar-refractivity contribution is 7.93. The number of rotatable bonds is 11. The van der Waals surface area contributed by atoms with Crippen molar-refractivity contribution < 1.29 is 27.5 Å². The van der Waals surface area contributed by atoms with Crippen molar-refractivity contribution in [3.8, 4) is 0 Å². The van der Waals surface area contributed by atoms with E-state index in [0.29, 0.717) is 34.7 Å². The van der Waals surface area contributed by atoms with E-state index in [1.165, 1.54) is 18.2 Å². The van der Waals surface area contributed by atoms with Gasteiger partial charge in [0, 0.05) is 39.4 Å². The summed E-state index contributed by atoms with van der Waals surface area (Å²) in [7, 11) is -4.38. The van der Waals surface area contributed by atoms with Crippen molar-refractivity contribution in [3.63, 3.8) is 0 Å². The lowest BCUT2D eigenvalue weighted by atomic mass is 9.96. The van der Waals surface area contributed by atoms with Gasteiger partial charge in [-0.15, -0.1) is 0 Å². The lowest BCUT2D eigenvalue weighted by Crippen LogP contribution is -2.39. The van der Waals surface area contributed by atoms with Gasteiger partial charge < -0.3 is 4.74 Å². The molecule has 0 aliphatic rings. The minimum absolute atomic E-state index is 0.0330. The number of ketones is 2. The number of esters is 1. The fraction of sp³-hybridized carbons (Fsp3) is 0.265. The Morgan fingerprint density at radius 1 is 0.818 bits per heavy atom. The molecular weight excluding hydrogens is 621 g/mol. The second-order valence-corrected chi connectivity index (χ2v) is 14.0. The number of nitrogens with zero attached hydrogens (tertiary/aromatic N) is 1. The Morgan fingerprint density at radius 3 is 2.11 bits per heavy atom. The van der Waals surface area contributed by atoms with Gasteiger partial charge in [0.15, 0.2) is 11.6 Å². The van der Waals surface area contributed by atoms with Gasteiger partial charge in [0.2, 0.25) is 0 Å². The number of sulfonamides is 1. The molecule has 4 aromatic carbocycles. The summed E-state index contributed by atoms with van der Waals surface area (Å²) in [5.41, 5.74) is 1.22. The lowest BCUT2D eigenvalue weighted by Gasteiger charge is -2.27. The van der Waals surface area contributed by atoms with Gasteiger partial charge in [0.05, 0.1) is 10.6 Å². The molecule has 0 unspecified atom stereocenters. The standard InChI is InChI=1S/C34H33Cl2NO6S/c1-5-31(38)23-10-6-9-22(17-23)15-16-32(39)29-13-7-12-28-27(29)11-8-14-30(28)37(21-33(40)43-34(2,3)4)44(41,42)26-19-24(35)18-25(36)20-26/h6-14,17-20H,5,15-16,21H2,1-4H3. The molecule has 0 bridgehead atoms. The third-order valence-electron chi connectivity index (χ3n) is 6.80. The first kappa shape index (κ1) is 33.2. The Labute approximate surface area is 267 Å². The molecule has 230 valence electrons. The Kier molecular flexibility index (Phi) is 10.2. The Bertz CT molecular complexity index is 1830. The van der Waals surface area contributed by atoms with Crippen molar-refractivity contribution in [2.45, 2.75) is 57.5 Å². The van der Waals surface area contributed by atoms with Crippen LogP contribution in [-0.4, -0.2) is 38.1 Å². The van der Waals surface area contributed by atoms with Gasteiger partial charge in [-0.05, 0) is 68.5 Å². The monoisotopic (exact) mass is 653 g/mol. The summed E-state index contributed by atoms with van der Waals surface area (Å²) in [6.45, 7) is 6.24. The molecule has 7 nitrogen and oxygen atoms in total. The van der Waals surface area contributed by atoms with Crippen LogP contribution >= 0.6 is 23.2 Å². The number of anilines is 1. The molecule has 44 heavy (non-hydrogen) atoms. The van der Waals surface area contributed by atoms with Gasteiger partial charge in [0.1, 0.15) is 12.1 Å². The van der Waals surface area contributed by atoms with Gasteiger partial charge in [-0.3, -0.25) is 18.7 Å². The SMILES string of the molecule is CCC(=O)c1cccc(CCC(=O)c2cccc3c(N(CC(=O)OC(C)(C)C)S(=O)(=O)c4cc(Cl)cc(Cl)c4)cccc23)c1. The molecule has 4 aromatic rings. The van der Waals surface area contributed by atoms with E-state index >= 15 is 0 Å². The summed E-state index contributed by atoms with van der Waals surface area (Å²) in [6.07, 6.45) is 0.994. The van der Waals surface area contributed by atoms with Crippen LogP contribution < -0.4 is 4.31 Å². The molecule has 0 saturated carbocycles. The highest BCUT2D eigenvalue weighted by atomic mass is 35.5. The van der Waals surface area contributed by atoms with Crippen LogP contribution in [0, 0.1) is 0 Å². The largest absolute Gasteiger partial charge is 0.459 e. The Hall–Kier alpha value is -3.72. The van der Waals surface area contributed by atoms with Crippen LogP contribution in [0.2, 0.25) is 10.0 Å². The molecule has 0 atom stereocenters. The first-order chi connectivity index (χ1) is 20.7. The molecule has 0 heterocycles. The Balaban J connectivity index is 1.75. The van der Waals surface area contributed by atoms with Gasteiger partial charge in [-0.25, -0.2) is 8.42 Å². The summed E-state index contributed by atoms with van der Waals surface area (Å²) in [6, 6.07) is 21.2. The van der Waals surface area contributed by atoms with Gasteiger partial charge >= 0.3 is 5.97 Å². The number of halogens is 2. The molecule has 0 amide bonds. The maximum absolute atomic E-state index is 14.1. The van der Waals surface area contributed by atoms with Crippen molar-refractivity contribution >= 4 is 67.2 Å². The number of ether oxygens (including phenoxy) is 1. The van der Waals surface area contributed by atoms with Crippen LogP contribution in [0.4, 0.5) is 5.69 Å². The van der Waals surface area contributed by atoms with Crippen molar-refractivity contribution in [3.05, 3.63) is 106 Å². The average molecular weight is 655 g/mol. The smallest absolute Gasteiger partial charge is 0.327 e. The predicted octanol–water partition coefficient (Wildman–Crippen LogP) is 8.09. The van der Waals surface area contributed by atoms with Crippen LogP contribution in [-0.2, 0) is 26.0 Å². The van der Waals surface area contributed by atoms with Gasteiger partial charge in [-0.1, -0.05) is 78.7 Å². The maximum Gasteiger partial charge on any atom is 0.327 e. The normalized spacial score (nSPS) is 11.8. The summed E-state index contributed by atoms with van der Waals surface area (Å²) in [4.78, 5) is 38.5. The number of carbonyl (C=O) groups is 3. The average Bonchev–Trinajstić information content (AvgIpc) is 2.96. The lowest BCUT2D eigenvalue weighted by molar-refractivity contribution is -0.152. The predicted molar refractivity (Wildman–Crippen MR) is 175 cm³/mol. The Morgan fingerprint density at radius 2 is 1.45 bits per heavy atom. The van der Waals surface area contributed by atoms with Crippen molar-refractivity contribution in [2.75, 3.05) is 10.8 Å². The van der Waals surface area contributed by atoms with E-state index in [1.54, 1.807) is 76.2 Å². The molecule has 0 spiro atoms. The number of carbonyl (C=O) groups excluding carboxylic acids is 3. The number of fused-ring (bicyclic) bond motifs is 1. The molecule has 0 N–H and O–H groups in total. The van der Waals surface area contributed by atoms with E-state index in [4.69, 9.17) is 27.9 Å². The topological polar surface area (TPSA) is 97.8 Å². The minimum Gasteiger partial charge on any atom is -0.459 e. The van der Waals surface area contributed by atoms with E-state index in [-0.39, 0.29) is 38.6 Å². The summed E-state index contributed by atoms with van der Waals surface area (Å²) in [5.74, 6) is -0.879. The number of benzene rings is 4. The van der Waals surface area contributed by atoms with Crippen LogP contribution in [0.3, 0.4) is 0 Å². The third-order valence-corrected chi connectivity index (χ3v) is 8.97. The molecule has 10 heteroatoms. The quantitative estimate of drug-likeness (QED) is 0.120. The molecule has 0 radical (unpaired) electrons. The van der Waals surface area contributed by atoms with E-state index < -0.39 is 28.1 Å².